The van der Waals surface area contributed by atoms with Crippen molar-refractivity contribution in [2.45, 2.75) is 58.3 Å². The van der Waals surface area contributed by atoms with Crippen LogP contribution in [0.3, 0.4) is 0 Å². The molecule has 0 radical (unpaired) electrons. The molecule has 2 aliphatic rings. The van der Waals surface area contributed by atoms with E-state index in [4.69, 9.17) is 9.47 Å². The van der Waals surface area contributed by atoms with Crippen molar-refractivity contribution < 1.29 is 14.3 Å². The molecule has 6 heteroatoms. The quantitative estimate of drug-likeness (QED) is 0.873. The average Bonchev–Trinajstić information content (AvgIpc) is 2.64. The number of piperidine rings is 1. The van der Waals surface area contributed by atoms with Gasteiger partial charge < -0.3 is 14.8 Å². The fraction of sp³-hybridized carbons (Fsp3) is 0.700. The monoisotopic (exact) mass is 361 g/mol. The standard InChI is InChI=1S/C20H31N3O3/c1-16(2)26-19(24)22-13-18-3-6-20(15-25-18)7-11-23(12-8-20)14-17-4-9-21-10-5-17/h4-5,9-10,16,18H,3,6-8,11-15H2,1-2H3,(H,22,24). The van der Waals surface area contributed by atoms with Crippen molar-refractivity contribution in [1.29, 1.82) is 0 Å². The molecule has 1 atom stereocenters. The molecule has 26 heavy (non-hydrogen) atoms. The van der Waals surface area contributed by atoms with Crippen LogP contribution < -0.4 is 5.32 Å². The van der Waals surface area contributed by atoms with Crippen LogP contribution in [0.25, 0.3) is 0 Å². The molecule has 6 nitrogen and oxygen atoms in total. The normalized spacial score (nSPS) is 23.1. The number of alkyl carbamates (subject to hydrolysis) is 1. The van der Waals surface area contributed by atoms with Gasteiger partial charge in [0.2, 0.25) is 0 Å². The van der Waals surface area contributed by atoms with Gasteiger partial charge in [0, 0.05) is 25.5 Å². The minimum absolute atomic E-state index is 0.0946. The second kappa shape index (κ2) is 8.82. The Hall–Kier alpha value is -1.66. The van der Waals surface area contributed by atoms with Gasteiger partial charge in [-0.15, -0.1) is 0 Å². The van der Waals surface area contributed by atoms with Gasteiger partial charge in [0.25, 0.3) is 0 Å². The van der Waals surface area contributed by atoms with Gasteiger partial charge in [-0.3, -0.25) is 9.88 Å². The Balaban J connectivity index is 1.38. The Morgan fingerprint density at radius 1 is 1.35 bits per heavy atom. The second-order valence-corrected chi connectivity index (χ2v) is 7.94. The molecular formula is C20H31N3O3. The number of pyridine rings is 1. The van der Waals surface area contributed by atoms with E-state index in [0.717, 1.165) is 32.7 Å². The first kappa shape index (κ1) is 19.1. The topological polar surface area (TPSA) is 63.7 Å². The van der Waals surface area contributed by atoms with Gasteiger partial charge in [-0.05, 0) is 75.7 Å². The zero-order chi connectivity index (χ0) is 18.4. The van der Waals surface area contributed by atoms with Crippen LogP contribution in [-0.4, -0.2) is 54.4 Å². The Bertz CT molecular complexity index is 561. The van der Waals surface area contributed by atoms with Gasteiger partial charge in [0.05, 0.1) is 18.8 Å². The Morgan fingerprint density at radius 3 is 2.69 bits per heavy atom. The van der Waals surface area contributed by atoms with E-state index in [1.54, 1.807) is 0 Å². The number of amides is 1. The van der Waals surface area contributed by atoms with Crippen LogP contribution in [0.1, 0.15) is 45.1 Å². The molecule has 0 aromatic carbocycles. The van der Waals surface area contributed by atoms with E-state index in [9.17, 15) is 4.79 Å². The molecule has 0 aliphatic carbocycles. The van der Waals surface area contributed by atoms with E-state index in [2.05, 4.69) is 27.3 Å². The third-order valence-corrected chi connectivity index (χ3v) is 5.51. The summed E-state index contributed by atoms with van der Waals surface area (Å²) in [5.41, 5.74) is 1.65. The van der Waals surface area contributed by atoms with Crippen molar-refractivity contribution in [3.8, 4) is 0 Å². The Morgan fingerprint density at radius 2 is 2.08 bits per heavy atom. The molecule has 3 heterocycles. The molecular weight excluding hydrogens is 330 g/mol. The lowest BCUT2D eigenvalue weighted by Gasteiger charge is -2.45. The molecule has 1 aromatic rings. The van der Waals surface area contributed by atoms with E-state index in [1.165, 1.54) is 24.8 Å². The third-order valence-electron chi connectivity index (χ3n) is 5.51. The fourth-order valence-electron chi connectivity index (χ4n) is 3.86. The van der Waals surface area contributed by atoms with Gasteiger partial charge >= 0.3 is 6.09 Å². The lowest BCUT2D eigenvalue weighted by molar-refractivity contribution is -0.0848. The number of nitrogens with one attached hydrogen (secondary N) is 1. The van der Waals surface area contributed by atoms with E-state index in [1.807, 2.05) is 26.2 Å². The number of nitrogens with zero attached hydrogens (tertiary/aromatic N) is 2. The molecule has 3 rings (SSSR count). The minimum atomic E-state index is -0.353. The van der Waals surface area contributed by atoms with E-state index < -0.39 is 0 Å². The number of carbonyl (C=O) groups is 1. The van der Waals surface area contributed by atoms with Gasteiger partial charge in [-0.2, -0.15) is 0 Å². The number of rotatable bonds is 5. The summed E-state index contributed by atoms with van der Waals surface area (Å²) in [7, 11) is 0. The number of hydrogen-bond acceptors (Lipinski definition) is 5. The summed E-state index contributed by atoms with van der Waals surface area (Å²) < 4.78 is 11.2. The second-order valence-electron chi connectivity index (χ2n) is 7.94. The molecule has 1 spiro atoms. The fourth-order valence-corrected chi connectivity index (χ4v) is 3.86. The predicted octanol–water partition coefficient (Wildman–Crippen LogP) is 2.98. The summed E-state index contributed by atoms with van der Waals surface area (Å²) in [5.74, 6) is 0. The summed E-state index contributed by atoms with van der Waals surface area (Å²) in [5, 5.41) is 2.81. The highest BCUT2D eigenvalue weighted by molar-refractivity contribution is 5.67. The number of aromatic nitrogens is 1. The molecule has 1 N–H and O–H groups in total. The van der Waals surface area contributed by atoms with Crippen LogP contribution in [0.2, 0.25) is 0 Å². The summed E-state index contributed by atoms with van der Waals surface area (Å²) in [6.07, 6.45) is 7.95. The van der Waals surface area contributed by atoms with Crippen LogP contribution in [0, 0.1) is 5.41 Å². The molecule has 144 valence electrons. The average molecular weight is 361 g/mol. The lowest BCUT2D eigenvalue weighted by atomic mass is 9.73. The zero-order valence-electron chi connectivity index (χ0n) is 15.9. The molecule has 1 aromatic heterocycles. The highest BCUT2D eigenvalue weighted by Crippen LogP contribution is 2.40. The number of ether oxygens (including phenoxy) is 2. The molecule has 0 bridgehead atoms. The Kier molecular flexibility index (Phi) is 6.48. The number of likely N-dealkylation sites (tertiary alicyclic amines) is 1. The zero-order valence-corrected chi connectivity index (χ0v) is 15.9. The maximum absolute atomic E-state index is 11.6. The Labute approximate surface area is 156 Å². The molecule has 1 unspecified atom stereocenters. The van der Waals surface area contributed by atoms with E-state index in [0.29, 0.717) is 12.0 Å². The first-order valence-corrected chi connectivity index (χ1v) is 9.72. The number of hydrogen-bond donors (Lipinski definition) is 1. The van der Waals surface area contributed by atoms with Crippen molar-refractivity contribution in [2.24, 2.45) is 5.41 Å². The van der Waals surface area contributed by atoms with Crippen molar-refractivity contribution in [1.82, 2.24) is 15.2 Å². The minimum Gasteiger partial charge on any atom is -0.447 e. The van der Waals surface area contributed by atoms with Gasteiger partial charge in [-0.25, -0.2) is 4.79 Å². The van der Waals surface area contributed by atoms with E-state index in [-0.39, 0.29) is 18.3 Å². The first-order valence-electron chi connectivity index (χ1n) is 9.72. The van der Waals surface area contributed by atoms with Crippen LogP contribution in [0.15, 0.2) is 24.5 Å². The first-order chi connectivity index (χ1) is 12.5. The third kappa shape index (κ3) is 5.42. The van der Waals surface area contributed by atoms with Crippen LogP contribution >= 0.6 is 0 Å². The molecule has 2 fully saturated rings. The van der Waals surface area contributed by atoms with Crippen molar-refractivity contribution >= 4 is 6.09 Å². The van der Waals surface area contributed by atoms with Crippen LogP contribution in [0.4, 0.5) is 4.79 Å². The summed E-state index contributed by atoms with van der Waals surface area (Å²) in [6, 6.07) is 4.19. The van der Waals surface area contributed by atoms with Gasteiger partial charge in [0.1, 0.15) is 0 Å². The van der Waals surface area contributed by atoms with Gasteiger partial charge in [0.15, 0.2) is 0 Å². The highest BCUT2D eigenvalue weighted by atomic mass is 16.6. The van der Waals surface area contributed by atoms with E-state index >= 15 is 0 Å². The largest absolute Gasteiger partial charge is 0.447 e. The predicted molar refractivity (Wildman–Crippen MR) is 99.8 cm³/mol. The highest BCUT2D eigenvalue weighted by Gasteiger charge is 2.38. The smallest absolute Gasteiger partial charge is 0.407 e. The maximum Gasteiger partial charge on any atom is 0.407 e. The summed E-state index contributed by atoms with van der Waals surface area (Å²) in [4.78, 5) is 18.2. The van der Waals surface area contributed by atoms with Crippen molar-refractivity contribution in [2.75, 3.05) is 26.2 Å². The van der Waals surface area contributed by atoms with Crippen LogP contribution in [0.5, 0.6) is 0 Å². The molecule has 2 aliphatic heterocycles. The summed E-state index contributed by atoms with van der Waals surface area (Å²) >= 11 is 0. The number of carbonyl (C=O) groups excluding carboxylic acids is 1. The van der Waals surface area contributed by atoms with Gasteiger partial charge in [-0.1, -0.05) is 0 Å². The molecule has 1 amide bonds. The molecule has 0 saturated carbocycles. The van der Waals surface area contributed by atoms with Crippen LogP contribution in [-0.2, 0) is 16.0 Å². The van der Waals surface area contributed by atoms with Crippen molar-refractivity contribution in [3.05, 3.63) is 30.1 Å². The maximum atomic E-state index is 11.6. The van der Waals surface area contributed by atoms with Crippen molar-refractivity contribution in [3.63, 3.8) is 0 Å². The lowest BCUT2D eigenvalue weighted by Crippen LogP contribution is -2.47. The molecule has 2 saturated heterocycles. The SMILES string of the molecule is CC(C)OC(=O)NCC1CCC2(CCN(Cc3ccncc3)CC2)CO1. The summed E-state index contributed by atoms with van der Waals surface area (Å²) in [6.45, 7) is 8.29.